The molecule has 5 heteroatoms. The molecule has 0 fully saturated rings. The fraction of sp³-hybridized carbons (Fsp3) is 0.385. The molecule has 0 saturated carbocycles. The zero-order chi connectivity index (χ0) is 12.8. The van der Waals surface area contributed by atoms with Crippen molar-refractivity contribution in [1.29, 1.82) is 0 Å². The van der Waals surface area contributed by atoms with Gasteiger partial charge in [-0.05, 0) is 12.6 Å². The van der Waals surface area contributed by atoms with Crippen molar-refractivity contribution in [2.45, 2.75) is 19.2 Å². The van der Waals surface area contributed by atoms with Crippen molar-refractivity contribution in [3.63, 3.8) is 0 Å². The summed E-state index contributed by atoms with van der Waals surface area (Å²) in [5, 5.41) is 17.4. The van der Waals surface area contributed by atoms with Gasteiger partial charge in [-0.15, -0.1) is 10.2 Å². The van der Waals surface area contributed by atoms with Crippen LogP contribution in [0.15, 0.2) is 43.0 Å². The number of benzene rings is 1. The molecular weight excluding hydrogens is 228 g/mol. The maximum Gasteiger partial charge on any atom is 0.119 e. The molecule has 0 saturated heterocycles. The lowest BCUT2D eigenvalue weighted by atomic mass is 10.2. The number of aliphatic hydroxyl groups excluding tert-OH is 1. The van der Waals surface area contributed by atoms with Crippen molar-refractivity contribution >= 4 is 0 Å². The van der Waals surface area contributed by atoms with Gasteiger partial charge in [0, 0.05) is 13.1 Å². The van der Waals surface area contributed by atoms with Gasteiger partial charge in [0.05, 0.1) is 12.6 Å². The molecule has 0 aliphatic heterocycles. The molecule has 0 amide bonds. The molecular formula is C13H18N4O. The Kier molecular flexibility index (Phi) is 4.44. The lowest BCUT2D eigenvalue weighted by molar-refractivity contribution is 0.107. The molecule has 0 aliphatic rings. The Hall–Kier alpha value is -1.72. The topological polar surface area (TPSA) is 54.2 Å². The molecule has 1 atom stereocenters. The first-order chi connectivity index (χ1) is 8.74. The van der Waals surface area contributed by atoms with Gasteiger partial charge in [-0.1, -0.05) is 30.3 Å². The van der Waals surface area contributed by atoms with Crippen LogP contribution in [-0.4, -0.2) is 44.5 Å². The minimum atomic E-state index is -0.422. The van der Waals surface area contributed by atoms with Gasteiger partial charge in [0.15, 0.2) is 0 Å². The zero-order valence-electron chi connectivity index (χ0n) is 10.5. The SMILES string of the molecule is CN(Cc1ccccc1)C[C@@H](O)Cn1cnnc1. The largest absolute Gasteiger partial charge is 0.390 e. The number of likely N-dealkylation sites (N-methyl/N-ethyl adjacent to an activating group) is 1. The number of hydrogen-bond donors (Lipinski definition) is 1. The predicted octanol–water partition coefficient (Wildman–Crippen LogP) is 0.771. The lowest BCUT2D eigenvalue weighted by Crippen LogP contribution is -2.31. The fourth-order valence-electron chi connectivity index (χ4n) is 1.94. The lowest BCUT2D eigenvalue weighted by Gasteiger charge is -2.20. The molecule has 1 heterocycles. The number of aliphatic hydroxyl groups is 1. The molecule has 0 bridgehead atoms. The highest BCUT2D eigenvalue weighted by molar-refractivity contribution is 5.14. The first-order valence-electron chi connectivity index (χ1n) is 5.97. The van der Waals surface area contributed by atoms with Crippen LogP contribution in [0.5, 0.6) is 0 Å². The van der Waals surface area contributed by atoms with Gasteiger partial charge < -0.3 is 9.67 Å². The normalized spacial score (nSPS) is 12.8. The van der Waals surface area contributed by atoms with Gasteiger partial charge in [-0.3, -0.25) is 4.90 Å². The third-order valence-electron chi connectivity index (χ3n) is 2.71. The van der Waals surface area contributed by atoms with Gasteiger partial charge in [-0.25, -0.2) is 0 Å². The highest BCUT2D eigenvalue weighted by Gasteiger charge is 2.09. The first kappa shape index (κ1) is 12.7. The van der Waals surface area contributed by atoms with Gasteiger partial charge in [0.2, 0.25) is 0 Å². The second-order valence-electron chi connectivity index (χ2n) is 4.49. The summed E-state index contributed by atoms with van der Waals surface area (Å²) in [6.07, 6.45) is 2.80. The van der Waals surface area contributed by atoms with Gasteiger partial charge >= 0.3 is 0 Å². The van der Waals surface area contributed by atoms with Crippen LogP contribution >= 0.6 is 0 Å². The zero-order valence-corrected chi connectivity index (χ0v) is 10.5. The fourth-order valence-corrected chi connectivity index (χ4v) is 1.94. The maximum atomic E-state index is 9.95. The van der Waals surface area contributed by atoms with Crippen molar-refractivity contribution in [3.8, 4) is 0 Å². The van der Waals surface area contributed by atoms with E-state index in [2.05, 4.69) is 27.2 Å². The minimum Gasteiger partial charge on any atom is -0.390 e. The number of hydrogen-bond acceptors (Lipinski definition) is 4. The van der Waals surface area contributed by atoms with Crippen LogP contribution in [0.1, 0.15) is 5.56 Å². The summed E-state index contributed by atoms with van der Waals surface area (Å²) in [6.45, 7) is 1.97. The number of nitrogens with zero attached hydrogens (tertiary/aromatic N) is 4. The summed E-state index contributed by atoms with van der Waals surface area (Å²) in [7, 11) is 2.00. The molecule has 2 aromatic rings. The van der Waals surface area contributed by atoms with Crippen LogP contribution in [-0.2, 0) is 13.1 Å². The quantitative estimate of drug-likeness (QED) is 0.818. The van der Waals surface area contributed by atoms with Crippen molar-refractivity contribution in [1.82, 2.24) is 19.7 Å². The minimum absolute atomic E-state index is 0.422. The summed E-state index contributed by atoms with van der Waals surface area (Å²) in [5.41, 5.74) is 1.25. The van der Waals surface area contributed by atoms with E-state index in [4.69, 9.17) is 0 Å². The van der Waals surface area contributed by atoms with Gasteiger partial charge in [-0.2, -0.15) is 0 Å². The van der Waals surface area contributed by atoms with Crippen LogP contribution in [0.25, 0.3) is 0 Å². The monoisotopic (exact) mass is 246 g/mol. The van der Waals surface area contributed by atoms with Crippen LogP contribution < -0.4 is 0 Å². The molecule has 18 heavy (non-hydrogen) atoms. The number of rotatable bonds is 6. The van der Waals surface area contributed by atoms with E-state index in [1.807, 2.05) is 25.2 Å². The van der Waals surface area contributed by atoms with Gasteiger partial charge in [0.1, 0.15) is 12.7 Å². The van der Waals surface area contributed by atoms with Crippen LogP contribution in [0.2, 0.25) is 0 Å². The van der Waals surface area contributed by atoms with Crippen LogP contribution in [0.4, 0.5) is 0 Å². The molecule has 2 rings (SSSR count). The van der Waals surface area contributed by atoms with E-state index < -0.39 is 6.10 Å². The van der Waals surface area contributed by atoms with E-state index in [1.54, 1.807) is 17.2 Å². The summed E-state index contributed by atoms with van der Waals surface area (Å²) >= 11 is 0. The first-order valence-corrected chi connectivity index (χ1v) is 5.97. The maximum absolute atomic E-state index is 9.95. The molecule has 5 nitrogen and oxygen atoms in total. The Balaban J connectivity index is 1.78. The van der Waals surface area contributed by atoms with Crippen molar-refractivity contribution in [3.05, 3.63) is 48.5 Å². The Morgan fingerprint density at radius 2 is 1.89 bits per heavy atom. The Morgan fingerprint density at radius 3 is 2.56 bits per heavy atom. The van der Waals surface area contributed by atoms with E-state index in [-0.39, 0.29) is 0 Å². The second-order valence-corrected chi connectivity index (χ2v) is 4.49. The van der Waals surface area contributed by atoms with Crippen molar-refractivity contribution < 1.29 is 5.11 Å². The summed E-state index contributed by atoms with van der Waals surface area (Å²) in [6, 6.07) is 10.2. The molecule has 0 radical (unpaired) electrons. The highest BCUT2D eigenvalue weighted by Crippen LogP contribution is 2.03. The predicted molar refractivity (Wildman–Crippen MR) is 68.8 cm³/mol. The van der Waals surface area contributed by atoms with Crippen molar-refractivity contribution in [2.75, 3.05) is 13.6 Å². The van der Waals surface area contributed by atoms with Crippen LogP contribution in [0.3, 0.4) is 0 Å². The highest BCUT2D eigenvalue weighted by atomic mass is 16.3. The second kappa shape index (κ2) is 6.28. The standard InChI is InChI=1S/C13H18N4O/c1-16(7-12-5-3-2-4-6-12)8-13(18)9-17-10-14-15-11-17/h2-6,10-11,13,18H,7-9H2,1H3/t13-/m1/s1. The third-order valence-corrected chi connectivity index (χ3v) is 2.71. The van der Waals surface area contributed by atoms with E-state index in [1.165, 1.54) is 5.56 Å². The smallest absolute Gasteiger partial charge is 0.119 e. The average Bonchev–Trinajstić information content (AvgIpc) is 2.82. The molecule has 96 valence electrons. The molecule has 1 aromatic heterocycles. The Morgan fingerprint density at radius 1 is 1.22 bits per heavy atom. The average molecular weight is 246 g/mol. The van der Waals surface area contributed by atoms with E-state index >= 15 is 0 Å². The molecule has 1 aromatic carbocycles. The third kappa shape index (κ3) is 3.94. The van der Waals surface area contributed by atoms with Crippen LogP contribution in [0, 0.1) is 0 Å². The summed E-state index contributed by atoms with van der Waals surface area (Å²) < 4.78 is 1.78. The van der Waals surface area contributed by atoms with Gasteiger partial charge in [0.25, 0.3) is 0 Å². The summed E-state index contributed by atoms with van der Waals surface area (Å²) in [5.74, 6) is 0. The molecule has 1 N–H and O–H groups in total. The molecule has 0 unspecified atom stereocenters. The molecule has 0 aliphatic carbocycles. The Bertz CT molecular complexity index is 443. The van der Waals surface area contributed by atoms with E-state index in [0.717, 1.165) is 6.54 Å². The van der Waals surface area contributed by atoms with Crippen molar-refractivity contribution in [2.24, 2.45) is 0 Å². The Labute approximate surface area is 107 Å². The number of aromatic nitrogens is 3. The van der Waals surface area contributed by atoms with E-state index in [0.29, 0.717) is 13.1 Å². The van der Waals surface area contributed by atoms with E-state index in [9.17, 15) is 5.11 Å². The molecule has 0 spiro atoms. The summed E-state index contributed by atoms with van der Waals surface area (Å²) in [4.78, 5) is 2.10.